The van der Waals surface area contributed by atoms with Crippen LogP contribution in [0.25, 0.3) is 0 Å². The third kappa shape index (κ3) is 3.22. The molecule has 1 fully saturated rings. The molecule has 1 aromatic rings. The molecule has 1 aliphatic rings. The molecule has 1 aliphatic heterocycles. The summed E-state index contributed by atoms with van der Waals surface area (Å²) in [5.74, 6) is 0. The number of hydrogen-bond acceptors (Lipinski definition) is 5. The van der Waals surface area contributed by atoms with Gasteiger partial charge in [0, 0.05) is 6.61 Å². The van der Waals surface area contributed by atoms with Crippen LogP contribution in [0, 0.1) is 0 Å². The molecule has 2 heterocycles. The first-order chi connectivity index (χ1) is 7.36. The first-order valence-corrected chi connectivity index (χ1v) is 6.20. The molecule has 0 spiro atoms. The van der Waals surface area contributed by atoms with Crippen LogP contribution in [0.1, 0.15) is 43.1 Å². The molecule has 1 N–H and O–H groups in total. The molecular weight excluding hydrogens is 212 g/mol. The van der Waals surface area contributed by atoms with E-state index in [0.717, 1.165) is 30.7 Å². The molecule has 1 aromatic heterocycles. The molecule has 2 atom stereocenters. The molecule has 4 nitrogen and oxygen atoms in total. The van der Waals surface area contributed by atoms with E-state index in [1.165, 1.54) is 24.4 Å². The molecule has 0 saturated carbocycles. The summed E-state index contributed by atoms with van der Waals surface area (Å²) in [5.41, 5.74) is 0. The Hall–Kier alpha value is -0.520. The van der Waals surface area contributed by atoms with Crippen molar-refractivity contribution in [1.82, 2.24) is 9.59 Å². The molecule has 0 aromatic carbocycles. The third-order valence-electron chi connectivity index (χ3n) is 2.73. The molecule has 1 saturated heterocycles. The van der Waals surface area contributed by atoms with Gasteiger partial charge in [-0.05, 0) is 43.6 Å². The SMILES string of the molecule is OC(CCCC1CCCO1)c1cnns1. The maximum absolute atomic E-state index is 9.77. The van der Waals surface area contributed by atoms with Crippen molar-refractivity contribution in [3.05, 3.63) is 11.1 Å². The first-order valence-electron chi connectivity index (χ1n) is 5.43. The lowest BCUT2D eigenvalue weighted by Crippen LogP contribution is -2.05. The highest BCUT2D eigenvalue weighted by Crippen LogP contribution is 2.23. The predicted molar refractivity (Wildman–Crippen MR) is 57.7 cm³/mol. The maximum Gasteiger partial charge on any atom is 0.0914 e. The lowest BCUT2D eigenvalue weighted by atomic mass is 10.1. The summed E-state index contributed by atoms with van der Waals surface area (Å²) >= 11 is 1.27. The van der Waals surface area contributed by atoms with Crippen molar-refractivity contribution < 1.29 is 9.84 Å². The normalized spacial score (nSPS) is 23.1. The van der Waals surface area contributed by atoms with Crippen LogP contribution in [0.15, 0.2) is 6.20 Å². The summed E-state index contributed by atoms with van der Waals surface area (Å²) < 4.78 is 9.26. The Morgan fingerprint density at radius 3 is 3.27 bits per heavy atom. The van der Waals surface area contributed by atoms with Gasteiger partial charge in [-0.25, -0.2) is 0 Å². The number of hydrogen-bond donors (Lipinski definition) is 1. The topological polar surface area (TPSA) is 55.2 Å². The van der Waals surface area contributed by atoms with E-state index in [1.54, 1.807) is 6.20 Å². The smallest absolute Gasteiger partial charge is 0.0914 e. The van der Waals surface area contributed by atoms with Gasteiger partial charge in [0.25, 0.3) is 0 Å². The average Bonchev–Trinajstić information content (AvgIpc) is 2.90. The van der Waals surface area contributed by atoms with Gasteiger partial charge < -0.3 is 9.84 Å². The van der Waals surface area contributed by atoms with Crippen LogP contribution in [0.2, 0.25) is 0 Å². The second kappa shape index (κ2) is 5.53. The minimum absolute atomic E-state index is 0.397. The zero-order chi connectivity index (χ0) is 10.5. The van der Waals surface area contributed by atoms with Gasteiger partial charge in [0.05, 0.1) is 23.3 Å². The standard InChI is InChI=1S/C10H16N2O2S/c13-9(10-7-11-12-15-10)5-1-3-8-4-2-6-14-8/h7-9,13H,1-6H2. The van der Waals surface area contributed by atoms with Gasteiger partial charge in [-0.2, -0.15) is 0 Å². The number of aliphatic hydroxyl groups excluding tert-OH is 1. The fourth-order valence-corrected chi connectivity index (χ4v) is 2.40. The van der Waals surface area contributed by atoms with E-state index in [4.69, 9.17) is 4.74 Å². The number of aliphatic hydroxyl groups is 1. The highest BCUT2D eigenvalue weighted by molar-refractivity contribution is 7.05. The number of aromatic nitrogens is 2. The molecule has 5 heteroatoms. The predicted octanol–water partition coefficient (Wildman–Crippen LogP) is 1.92. The van der Waals surface area contributed by atoms with E-state index in [0.29, 0.717) is 6.10 Å². The van der Waals surface area contributed by atoms with Gasteiger partial charge >= 0.3 is 0 Å². The molecule has 0 amide bonds. The maximum atomic E-state index is 9.77. The van der Waals surface area contributed by atoms with Crippen molar-refractivity contribution in [2.24, 2.45) is 0 Å². The largest absolute Gasteiger partial charge is 0.387 e. The van der Waals surface area contributed by atoms with Gasteiger partial charge in [0.2, 0.25) is 0 Å². The highest BCUT2D eigenvalue weighted by Gasteiger charge is 2.16. The number of rotatable bonds is 5. The van der Waals surface area contributed by atoms with Gasteiger partial charge in [-0.3, -0.25) is 0 Å². The Balaban J connectivity index is 1.65. The summed E-state index contributed by atoms with van der Waals surface area (Å²) in [6, 6.07) is 0. The Labute approximate surface area is 93.4 Å². The summed E-state index contributed by atoms with van der Waals surface area (Å²) in [5, 5.41) is 13.5. The van der Waals surface area contributed by atoms with E-state index in [2.05, 4.69) is 9.59 Å². The fraction of sp³-hybridized carbons (Fsp3) is 0.800. The summed E-state index contributed by atoms with van der Waals surface area (Å²) in [6.45, 7) is 0.909. The Morgan fingerprint density at radius 2 is 2.60 bits per heavy atom. The van der Waals surface area contributed by atoms with Crippen LogP contribution in [0.5, 0.6) is 0 Å². The van der Waals surface area contributed by atoms with Gasteiger partial charge in [0.1, 0.15) is 0 Å². The van der Waals surface area contributed by atoms with E-state index in [1.807, 2.05) is 0 Å². The van der Waals surface area contributed by atoms with Crippen LogP contribution in [0.3, 0.4) is 0 Å². The second-order valence-electron chi connectivity index (χ2n) is 3.90. The Kier molecular flexibility index (Phi) is 4.05. The van der Waals surface area contributed by atoms with Gasteiger partial charge in [-0.15, -0.1) is 5.10 Å². The van der Waals surface area contributed by atoms with Crippen LogP contribution in [0.4, 0.5) is 0 Å². The fourth-order valence-electron chi connectivity index (χ4n) is 1.87. The zero-order valence-corrected chi connectivity index (χ0v) is 9.45. The molecule has 0 aliphatic carbocycles. The van der Waals surface area contributed by atoms with Gasteiger partial charge in [0.15, 0.2) is 0 Å². The second-order valence-corrected chi connectivity index (χ2v) is 4.72. The minimum Gasteiger partial charge on any atom is -0.387 e. The van der Waals surface area contributed by atoms with Crippen molar-refractivity contribution in [2.45, 2.75) is 44.3 Å². The lowest BCUT2D eigenvalue weighted by molar-refractivity contribution is 0.0948. The third-order valence-corrected chi connectivity index (χ3v) is 3.50. The quantitative estimate of drug-likeness (QED) is 0.836. The summed E-state index contributed by atoms with van der Waals surface area (Å²) in [7, 11) is 0. The Morgan fingerprint density at radius 1 is 1.67 bits per heavy atom. The van der Waals surface area contributed by atoms with Crippen molar-refractivity contribution in [1.29, 1.82) is 0 Å². The number of nitrogens with zero attached hydrogens (tertiary/aromatic N) is 2. The van der Waals surface area contributed by atoms with Crippen molar-refractivity contribution >= 4 is 11.5 Å². The van der Waals surface area contributed by atoms with Crippen LogP contribution >= 0.6 is 11.5 Å². The molecular formula is C10H16N2O2S. The van der Waals surface area contributed by atoms with Crippen molar-refractivity contribution in [3.63, 3.8) is 0 Å². The summed E-state index contributed by atoms with van der Waals surface area (Å²) in [4.78, 5) is 0.863. The van der Waals surface area contributed by atoms with Crippen LogP contribution < -0.4 is 0 Å². The highest BCUT2D eigenvalue weighted by atomic mass is 32.1. The van der Waals surface area contributed by atoms with Crippen molar-refractivity contribution in [3.8, 4) is 0 Å². The number of ether oxygens (including phenoxy) is 1. The van der Waals surface area contributed by atoms with E-state index in [9.17, 15) is 5.11 Å². The molecule has 15 heavy (non-hydrogen) atoms. The minimum atomic E-state index is -0.397. The molecule has 0 radical (unpaired) electrons. The molecule has 0 bridgehead atoms. The molecule has 2 rings (SSSR count). The van der Waals surface area contributed by atoms with Crippen LogP contribution in [-0.2, 0) is 4.74 Å². The lowest BCUT2D eigenvalue weighted by Gasteiger charge is -2.10. The zero-order valence-electron chi connectivity index (χ0n) is 8.63. The molecule has 2 unspecified atom stereocenters. The van der Waals surface area contributed by atoms with Crippen LogP contribution in [-0.4, -0.2) is 27.4 Å². The first kappa shape index (κ1) is 11.0. The van der Waals surface area contributed by atoms with Gasteiger partial charge in [-0.1, -0.05) is 4.49 Å². The Bertz CT molecular complexity index is 273. The monoisotopic (exact) mass is 228 g/mol. The summed E-state index contributed by atoms with van der Waals surface area (Å²) in [6.07, 6.45) is 6.88. The molecule has 84 valence electrons. The average molecular weight is 228 g/mol. The van der Waals surface area contributed by atoms with E-state index < -0.39 is 6.10 Å². The van der Waals surface area contributed by atoms with E-state index in [-0.39, 0.29) is 0 Å². The van der Waals surface area contributed by atoms with Crippen molar-refractivity contribution in [2.75, 3.05) is 6.61 Å². The van der Waals surface area contributed by atoms with E-state index >= 15 is 0 Å².